The molecule has 1 fully saturated rings. The zero-order valence-corrected chi connectivity index (χ0v) is 16.4. The highest BCUT2D eigenvalue weighted by molar-refractivity contribution is 6.36. The van der Waals surface area contributed by atoms with Crippen LogP contribution in [0.4, 0.5) is 5.69 Å². The second kappa shape index (κ2) is 9.08. The Bertz CT molecular complexity index is 896. The molecule has 3 rings (SSSR count). The van der Waals surface area contributed by atoms with E-state index in [1.165, 1.54) is 6.07 Å². The van der Waals surface area contributed by atoms with Crippen LogP contribution in [0.1, 0.15) is 33.6 Å². The van der Waals surface area contributed by atoms with Gasteiger partial charge in [0, 0.05) is 35.3 Å². The first-order valence-corrected chi connectivity index (χ1v) is 9.62. The SMILES string of the molecule is O=C(NCCNC(=O)C1CC1)c1ccc(NC(=O)c2cc(Cl)ccc2Cl)cc1. The summed E-state index contributed by atoms with van der Waals surface area (Å²) in [5, 5.41) is 8.95. The minimum absolute atomic E-state index is 0.0501. The molecule has 0 saturated heterocycles. The average Bonchev–Trinajstić information content (AvgIpc) is 3.52. The first-order chi connectivity index (χ1) is 13.4. The van der Waals surface area contributed by atoms with Crippen molar-refractivity contribution in [3.05, 3.63) is 63.6 Å². The number of hydrogen-bond acceptors (Lipinski definition) is 3. The third-order valence-corrected chi connectivity index (χ3v) is 4.80. The molecule has 0 aliphatic heterocycles. The van der Waals surface area contributed by atoms with Crippen LogP contribution in [-0.4, -0.2) is 30.8 Å². The van der Waals surface area contributed by atoms with Gasteiger partial charge in [0.15, 0.2) is 0 Å². The molecule has 0 atom stereocenters. The van der Waals surface area contributed by atoms with E-state index in [0.717, 1.165) is 12.8 Å². The van der Waals surface area contributed by atoms with Gasteiger partial charge in [0.25, 0.3) is 11.8 Å². The molecule has 1 aliphatic carbocycles. The van der Waals surface area contributed by atoms with Crippen LogP contribution in [0.5, 0.6) is 0 Å². The molecular formula is C20H19Cl2N3O3. The fourth-order valence-corrected chi connectivity index (χ4v) is 2.90. The number of nitrogens with one attached hydrogen (secondary N) is 3. The van der Waals surface area contributed by atoms with Crippen molar-refractivity contribution in [3.63, 3.8) is 0 Å². The highest BCUT2D eigenvalue weighted by Crippen LogP contribution is 2.28. The van der Waals surface area contributed by atoms with Gasteiger partial charge in [-0.15, -0.1) is 0 Å². The summed E-state index contributed by atoms with van der Waals surface area (Å²) in [5.41, 5.74) is 1.24. The van der Waals surface area contributed by atoms with Crippen LogP contribution < -0.4 is 16.0 Å². The lowest BCUT2D eigenvalue weighted by Crippen LogP contribution is -2.35. The Morgan fingerprint density at radius 1 is 0.893 bits per heavy atom. The molecule has 28 heavy (non-hydrogen) atoms. The predicted octanol–water partition coefficient (Wildman–Crippen LogP) is 3.50. The Morgan fingerprint density at radius 3 is 2.25 bits per heavy atom. The van der Waals surface area contributed by atoms with E-state index < -0.39 is 5.91 Å². The Hall–Kier alpha value is -2.57. The van der Waals surface area contributed by atoms with Crippen molar-refractivity contribution in [1.82, 2.24) is 10.6 Å². The van der Waals surface area contributed by atoms with Crippen LogP contribution in [0.25, 0.3) is 0 Å². The van der Waals surface area contributed by atoms with E-state index in [9.17, 15) is 14.4 Å². The van der Waals surface area contributed by atoms with E-state index in [4.69, 9.17) is 23.2 Å². The molecule has 0 aromatic heterocycles. The molecule has 146 valence electrons. The van der Waals surface area contributed by atoms with Gasteiger partial charge in [-0.05, 0) is 55.3 Å². The number of hydrogen-bond donors (Lipinski definition) is 3. The minimum atomic E-state index is -0.392. The monoisotopic (exact) mass is 419 g/mol. The lowest BCUT2D eigenvalue weighted by Gasteiger charge is -2.09. The predicted molar refractivity (Wildman–Crippen MR) is 109 cm³/mol. The smallest absolute Gasteiger partial charge is 0.257 e. The van der Waals surface area contributed by atoms with Crippen molar-refractivity contribution in [2.75, 3.05) is 18.4 Å². The number of halogens is 2. The molecule has 0 spiro atoms. The van der Waals surface area contributed by atoms with E-state index >= 15 is 0 Å². The van der Waals surface area contributed by atoms with Gasteiger partial charge < -0.3 is 16.0 Å². The molecule has 3 N–H and O–H groups in total. The minimum Gasteiger partial charge on any atom is -0.354 e. The number of rotatable bonds is 7. The van der Waals surface area contributed by atoms with Gasteiger partial charge in [0.2, 0.25) is 5.91 Å². The lowest BCUT2D eigenvalue weighted by atomic mass is 10.1. The Balaban J connectivity index is 1.49. The van der Waals surface area contributed by atoms with Gasteiger partial charge in [-0.25, -0.2) is 0 Å². The summed E-state index contributed by atoms with van der Waals surface area (Å²) in [6.45, 7) is 0.749. The molecule has 0 bridgehead atoms. The number of benzene rings is 2. The van der Waals surface area contributed by atoms with Crippen molar-refractivity contribution >= 4 is 46.6 Å². The van der Waals surface area contributed by atoms with E-state index in [1.807, 2.05) is 0 Å². The molecule has 0 unspecified atom stereocenters. The van der Waals surface area contributed by atoms with Gasteiger partial charge in [-0.3, -0.25) is 14.4 Å². The van der Waals surface area contributed by atoms with Crippen LogP contribution in [0.15, 0.2) is 42.5 Å². The van der Waals surface area contributed by atoms with Crippen LogP contribution in [-0.2, 0) is 4.79 Å². The summed E-state index contributed by atoms with van der Waals surface area (Å²) < 4.78 is 0. The normalized spacial score (nSPS) is 12.9. The zero-order chi connectivity index (χ0) is 20.1. The Labute approximate surface area is 172 Å². The third kappa shape index (κ3) is 5.47. The van der Waals surface area contributed by atoms with Gasteiger partial charge in [-0.1, -0.05) is 23.2 Å². The summed E-state index contributed by atoms with van der Waals surface area (Å²) in [7, 11) is 0. The van der Waals surface area contributed by atoms with Crippen molar-refractivity contribution in [2.24, 2.45) is 5.92 Å². The average molecular weight is 420 g/mol. The van der Waals surface area contributed by atoms with Crippen LogP contribution in [0.3, 0.4) is 0 Å². The molecule has 0 radical (unpaired) electrons. The molecule has 1 aliphatic rings. The highest BCUT2D eigenvalue weighted by Gasteiger charge is 2.29. The van der Waals surface area contributed by atoms with Crippen LogP contribution >= 0.6 is 23.2 Å². The fraction of sp³-hybridized carbons (Fsp3) is 0.250. The first kappa shape index (κ1) is 20.2. The van der Waals surface area contributed by atoms with E-state index in [2.05, 4.69) is 16.0 Å². The number of anilines is 1. The van der Waals surface area contributed by atoms with E-state index in [-0.39, 0.29) is 23.3 Å². The molecule has 8 heteroatoms. The van der Waals surface area contributed by atoms with Crippen molar-refractivity contribution in [2.45, 2.75) is 12.8 Å². The topological polar surface area (TPSA) is 87.3 Å². The van der Waals surface area contributed by atoms with Gasteiger partial charge in [0.05, 0.1) is 10.6 Å². The quantitative estimate of drug-likeness (QED) is 0.600. The second-order valence-electron chi connectivity index (χ2n) is 6.48. The standard InChI is InChI=1S/C20H19Cl2N3O3/c21-14-5-8-17(22)16(11-14)20(28)25-15-6-3-13(4-7-15)19(27)24-10-9-23-18(26)12-1-2-12/h3-8,11-12H,1-2,9-10H2,(H,23,26)(H,24,27)(H,25,28). The molecule has 0 heterocycles. The second-order valence-corrected chi connectivity index (χ2v) is 7.32. The van der Waals surface area contributed by atoms with Gasteiger partial charge >= 0.3 is 0 Å². The number of carbonyl (C=O) groups excluding carboxylic acids is 3. The molecule has 2 aromatic rings. The largest absolute Gasteiger partial charge is 0.354 e. The van der Waals surface area contributed by atoms with Crippen molar-refractivity contribution < 1.29 is 14.4 Å². The van der Waals surface area contributed by atoms with Crippen molar-refractivity contribution in [3.8, 4) is 0 Å². The lowest BCUT2D eigenvalue weighted by molar-refractivity contribution is -0.122. The van der Waals surface area contributed by atoms with Crippen LogP contribution in [0, 0.1) is 5.92 Å². The maximum absolute atomic E-state index is 12.3. The van der Waals surface area contributed by atoms with E-state index in [1.54, 1.807) is 36.4 Å². The zero-order valence-electron chi connectivity index (χ0n) is 14.9. The Morgan fingerprint density at radius 2 is 1.57 bits per heavy atom. The van der Waals surface area contributed by atoms with Crippen molar-refractivity contribution in [1.29, 1.82) is 0 Å². The summed E-state index contributed by atoms with van der Waals surface area (Å²) >= 11 is 11.9. The maximum atomic E-state index is 12.3. The van der Waals surface area contributed by atoms with Crippen LogP contribution in [0.2, 0.25) is 10.0 Å². The summed E-state index contributed by atoms with van der Waals surface area (Å²) in [5.74, 6) is -0.443. The molecule has 6 nitrogen and oxygen atoms in total. The Kier molecular flexibility index (Phi) is 6.54. The molecule has 2 aromatic carbocycles. The summed E-state index contributed by atoms with van der Waals surface area (Å²) in [4.78, 5) is 36.0. The highest BCUT2D eigenvalue weighted by atomic mass is 35.5. The summed E-state index contributed by atoms with van der Waals surface area (Å²) in [6.07, 6.45) is 1.90. The molecular weight excluding hydrogens is 401 g/mol. The van der Waals surface area contributed by atoms with E-state index in [0.29, 0.717) is 34.4 Å². The molecule has 3 amide bonds. The van der Waals surface area contributed by atoms with Gasteiger partial charge in [0.1, 0.15) is 0 Å². The number of carbonyl (C=O) groups is 3. The maximum Gasteiger partial charge on any atom is 0.257 e. The fourth-order valence-electron chi connectivity index (χ4n) is 2.53. The summed E-state index contributed by atoms with van der Waals surface area (Å²) in [6, 6.07) is 11.1. The third-order valence-electron chi connectivity index (χ3n) is 4.24. The number of amides is 3. The molecule has 1 saturated carbocycles. The first-order valence-electron chi connectivity index (χ1n) is 8.86. The van der Waals surface area contributed by atoms with Gasteiger partial charge in [-0.2, -0.15) is 0 Å².